The van der Waals surface area contributed by atoms with Crippen molar-refractivity contribution in [3.63, 3.8) is 0 Å². The van der Waals surface area contributed by atoms with E-state index < -0.39 is 0 Å². The van der Waals surface area contributed by atoms with Gasteiger partial charge in [0.05, 0.1) is 12.2 Å². The minimum absolute atomic E-state index is 0.135. The molecule has 1 aromatic carbocycles. The molecular formula is C21H20N6OS. The van der Waals surface area contributed by atoms with Gasteiger partial charge in [0, 0.05) is 16.8 Å². The first-order valence-electron chi connectivity index (χ1n) is 9.72. The zero-order valence-electron chi connectivity index (χ0n) is 16.1. The number of carbonyl (C=O) groups is 1. The molecule has 7 nitrogen and oxygen atoms in total. The smallest absolute Gasteiger partial charge is 0.277 e. The molecule has 0 fully saturated rings. The van der Waals surface area contributed by atoms with E-state index in [1.165, 1.54) is 11.3 Å². The van der Waals surface area contributed by atoms with Crippen LogP contribution in [-0.2, 0) is 19.4 Å². The topological polar surface area (TPSA) is 76.3 Å². The first kappa shape index (κ1) is 17.9. The Labute approximate surface area is 172 Å². The highest BCUT2D eigenvalue weighted by Gasteiger charge is 2.27. The number of thiazole rings is 1. The number of fused-ring (bicyclic) bond motifs is 2. The second-order valence-corrected chi connectivity index (χ2v) is 8.25. The first-order valence-corrected chi connectivity index (χ1v) is 10.5. The van der Waals surface area contributed by atoms with E-state index in [0.29, 0.717) is 17.5 Å². The van der Waals surface area contributed by atoms with Crippen LogP contribution in [0.1, 0.15) is 45.3 Å². The Kier molecular flexibility index (Phi) is 4.55. The molecule has 1 aliphatic rings. The summed E-state index contributed by atoms with van der Waals surface area (Å²) in [6, 6.07) is 11.8. The highest BCUT2D eigenvalue weighted by atomic mass is 32.1. The van der Waals surface area contributed by atoms with E-state index in [0.717, 1.165) is 36.2 Å². The van der Waals surface area contributed by atoms with Crippen molar-refractivity contribution >= 4 is 28.2 Å². The molecule has 0 saturated carbocycles. The van der Waals surface area contributed by atoms with Gasteiger partial charge in [-0.25, -0.2) is 14.5 Å². The van der Waals surface area contributed by atoms with E-state index in [9.17, 15) is 4.79 Å². The van der Waals surface area contributed by atoms with Crippen LogP contribution in [0.2, 0.25) is 0 Å². The predicted molar refractivity (Wildman–Crippen MR) is 111 cm³/mol. The van der Waals surface area contributed by atoms with Crippen LogP contribution in [0.4, 0.5) is 5.13 Å². The van der Waals surface area contributed by atoms with Crippen LogP contribution in [0, 0.1) is 6.92 Å². The van der Waals surface area contributed by atoms with Gasteiger partial charge in [-0.3, -0.25) is 9.69 Å². The number of hydrogen-bond acceptors (Lipinski definition) is 6. The van der Waals surface area contributed by atoms with Crippen LogP contribution >= 0.6 is 11.3 Å². The van der Waals surface area contributed by atoms with E-state index in [1.54, 1.807) is 26.9 Å². The Balaban J connectivity index is 1.55. The summed E-state index contributed by atoms with van der Waals surface area (Å²) in [6.07, 6.45) is 6.02. The zero-order valence-corrected chi connectivity index (χ0v) is 16.9. The van der Waals surface area contributed by atoms with Crippen LogP contribution < -0.4 is 4.90 Å². The average molecular weight is 404 g/mol. The van der Waals surface area contributed by atoms with Gasteiger partial charge in [0.25, 0.3) is 11.7 Å². The fourth-order valence-corrected chi connectivity index (χ4v) is 4.71. The summed E-state index contributed by atoms with van der Waals surface area (Å²) < 4.78 is 1.60. The standard InChI is InChI=1S/C21H20N6OS/c1-14-11-12-22-20-24-18(25-27(14)20)19(28)26(13-15-7-3-2-4-8-15)21-23-16-9-5-6-10-17(16)29-21/h2-4,7-8,11-12H,5-6,9-10,13H2,1H3. The molecule has 8 heteroatoms. The molecule has 0 unspecified atom stereocenters. The van der Waals surface area contributed by atoms with Gasteiger partial charge in [-0.2, -0.15) is 4.98 Å². The van der Waals surface area contributed by atoms with Crippen LogP contribution in [0.25, 0.3) is 5.78 Å². The number of benzene rings is 1. The summed E-state index contributed by atoms with van der Waals surface area (Å²) in [4.78, 5) is 29.9. The van der Waals surface area contributed by atoms with Gasteiger partial charge in [0.1, 0.15) is 0 Å². The van der Waals surface area contributed by atoms with Crippen molar-refractivity contribution in [3.8, 4) is 0 Å². The molecule has 0 aliphatic heterocycles. The number of hydrogen-bond donors (Lipinski definition) is 0. The molecule has 3 aromatic heterocycles. The molecule has 0 radical (unpaired) electrons. The molecule has 5 rings (SSSR count). The molecule has 0 N–H and O–H groups in total. The zero-order chi connectivity index (χ0) is 19.8. The fraction of sp³-hybridized carbons (Fsp3) is 0.286. The molecule has 146 valence electrons. The quantitative estimate of drug-likeness (QED) is 0.519. The highest BCUT2D eigenvalue weighted by molar-refractivity contribution is 7.16. The molecule has 29 heavy (non-hydrogen) atoms. The van der Waals surface area contributed by atoms with Gasteiger partial charge in [0.15, 0.2) is 5.13 Å². The lowest BCUT2D eigenvalue weighted by atomic mass is 10.0. The lowest BCUT2D eigenvalue weighted by Crippen LogP contribution is -2.31. The van der Waals surface area contributed by atoms with Gasteiger partial charge in [-0.15, -0.1) is 16.4 Å². The molecule has 1 amide bonds. The number of nitrogens with zero attached hydrogens (tertiary/aromatic N) is 6. The third kappa shape index (κ3) is 3.40. The Morgan fingerprint density at radius 3 is 2.76 bits per heavy atom. The number of carbonyl (C=O) groups excluding carboxylic acids is 1. The molecular weight excluding hydrogens is 384 g/mol. The van der Waals surface area contributed by atoms with Gasteiger partial charge >= 0.3 is 0 Å². The molecule has 0 spiro atoms. The minimum atomic E-state index is -0.259. The van der Waals surface area contributed by atoms with Gasteiger partial charge in [-0.1, -0.05) is 30.3 Å². The van der Waals surface area contributed by atoms with E-state index in [4.69, 9.17) is 4.98 Å². The van der Waals surface area contributed by atoms with Crippen molar-refractivity contribution in [1.29, 1.82) is 0 Å². The number of rotatable bonds is 4. The van der Waals surface area contributed by atoms with Crippen molar-refractivity contribution in [1.82, 2.24) is 24.6 Å². The lowest BCUT2D eigenvalue weighted by Gasteiger charge is -2.18. The number of anilines is 1. The summed E-state index contributed by atoms with van der Waals surface area (Å²) in [5.74, 6) is 0.298. The summed E-state index contributed by atoms with van der Waals surface area (Å²) in [5.41, 5.74) is 3.04. The third-order valence-corrected chi connectivity index (χ3v) is 6.30. The largest absolute Gasteiger partial charge is 0.300 e. The summed E-state index contributed by atoms with van der Waals surface area (Å²) in [7, 11) is 0. The van der Waals surface area contributed by atoms with Crippen LogP contribution in [0.15, 0.2) is 42.6 Å². The lowest BCUT2D eigenvalue weighted by molar-refractivity contribution is 0.0975. The number of aryl methyl sites for hydroxylation is 3. The Bertz CT molecular complexity index is 1160. The molecule has 1 aliphatic carbocycles. The van der Waals surface area contributed by atoms with Crippen molar-refractivity contribution in [2.75, 3.05) is 4.90 Å². The Morgan fingerprint density at radius 2 is 1.97 bits per heavy atom. The molecule has 3 heterocycles. The van der Waals surface area contributed by atoms with Gasteiger partial charge in [-0.05, 0) is 44.2 Å². The normalized spacial score (nSPS) is 13.4. The SMILES string of the molecule is Cc1ccnc2nc(C(=O)N(Cc3ccccc3)c3nc4c(s3)CCCC4)nn12. The van der Waals surface area contributed by atoms with E-state index >= 15 is 0 Å². The maximum atomic E-state index is 13.5. The van der Waals surface area contributed by atoms with Crippen LogP contribution in [0.3, 0.4) is 0 Å². The van der Waals surface area contributed by atoms with Gasteiger partial charge < -0.3 is 0 Å². The second kappa shape index (κ2) is 7.36. The predicted octanol–water partition coefficient (Wildman–Crippen LogP) is 3.62. The monoisotopic (exact) mass is 404 g/mol. The van der Waals surface area contributed by atoms with Crippen molar-refractivity contribution in [3.05, 3.63) is 70.2 Å². The van der Waals surface area contributed by atoms with Crippen LogP contribution in [0.5, 0.6) is 0 Å². The minimum Gasteiger partial charge on any atom is -0.277 e. The van der Waals surface area contributed by atoms with Crippen LogP contribution in [-0.4, -0.2) is 30.5 Å². The van der Waals surface area contributed by atoms with Crippen molar-refractivity contribution in [2.45, 2.75) is 39.2 Å². The summed E-state index contributed by atoms with van der Waals surface area (Å²) >= 11 is 1.61. The van der Waals surface area contributed by atoms with E-state index in [1.807, 2.05) is 43.3 Å². The number of amides is 1. The van der Waals surface area contributed by atoms with Gasteiger partial charge in [0.2, 0.25) is 5.82 Å². The summed E-state index contributed by atoms with van der Waals surface area (Å²) in [5, 5.41) is 5.13. The second-order valence-electron chi connectivity index (χ2n) is 7.18. The Hall–Kier alpha value is -3.13. The maximum Gasteiger partial charge on any atom is 0.300 e. The fourth-order valence-electron chi connectivity index (χ4n) is 3.56. The molecule has 0 saturated heterocycles. The summed E-state index contributed by atoms with van der Waals surface area (Å²) in [6.45, 7) is 2.34. The van der Waals surface area contributed by atoms with Crippen molar-refractivity contribution in [2.24, 2.45) is 0 Å². The molecule has 4 aromatic rings. The number of aromatic nitrogens is 5. The maximum absolute atomic E-state index is 13.5. The van der Waals surface area contributed by atoms with E-state index in [-0.39, 0.29) is 11.7 Å². The molecule has 0 atom stereocenters. The Morgan fingerprint density at radius 1 is 1.14 bits per heavy atom. The van der Waals surface area contributed by atoms with Crippen molar-refractivity contribution < 1.29 is 4.79 Å². The third-order valence-electron chi connectivity index (χ3n) is 5.12. The highest BCUT2D eigenvalue weighted by Crippen LogP contribution is 2.33. The average Bonchev–Trinajstić information content (AvgIpc) is 3.37. The first-order chi connectivity index (χ1) is 14.2. The molecule has 0 bridgehead atoms. The van der Waals surface area contributed by atoms with E-state index in [2.05, 4.69) is 15.1 Å².